The standard InChI is InChI=1S/C17H23N3/c1-7-18-17-16(19-13(5)14(6)20-17)15-11(3)8-10(2)9-12(15)4/h8-9H,7H2,1-6H3,(H,18,20). The van der Waals surface area contributed by atoms with Crippen LogP contribution in [0.2, 0.25) is 0 Å². The van der Waals surface area contributed by atoms with Crippen LogP contribution in [-0.2, 0) is 0 Å². The predicted octanol–water partition coefficient (Wildman–Crippen LogP) is 4.12. The minimum absolute atomic E-state index is 0.841. The van der Waals surface area contributed by atoms with E-state index in [1.54, 1.807) is 0 Å². The quantitative estimate of drug-likeness (QED) is 0.911. The molecule has 0 spiro atoms. The van der Waals surface area contributed by atoms with Gasteiger partial charge in [-0.05, 0) is 52.7 Å². The summed E-state index contributed by atoms with van der Waals surface area (Å²) in [5.41, 5.74) is 7.91. The third-order valence-electron chi connectivity index (χ3n) is 3.56. The van der Waals surface area contributed by atoms with Gasteiger partial charge in [-0.25, -0.2) is 9.97 Å². The van der Waals surface area contributed by atoms with Crippen LogP contribution in [0.5, 0.6) is 0 Å². The molecule has 1 N–H and O–H groups in total. The van der Waals surface area contributed by atoms with Crippen LogP contribution in [-0.4, -0.2) is 16.5 Å². The van der Waals surface area contributed by atoms with Gasteiger partial charge in [-0.3, -0.25) is 0 Å². The van der Waals surface area contributed by atoms with Crippen molar-refractivity contribution in [1.82, 2.24) is 9.97 Å². The van der Waals surface area contributed by atoms with E-state index >= 15 is 0 Å². The van der Waals surface area contributed by atoms with E-state index in [0.717, 1.165) is 29.4 Å². The lowest BCUT2D eigenvalue weighted by molar-refractivity contribution is 1.03. The maximum Gasteiger partial charge on any atom is 0.152 e. The zero-order chi connectivity index (χ0) is 14.9. The van der Waals surface area contributed by atoms with Crippen LogP contribution < -0.4 is 5.32 Å². The number of nitrogens with one attached hydrogen (secondary N) is 1. The van der Waals surface area contributed by atoms with Crippen molar-refractivity contribution in [3.8, 4) is 11.3 Å². The monoisotopic (exact) mass is 269 g/mol. The van der Waals surface area contributed by atoms with Crippen molar-refractivity contribution in [3.05, 3.63) is 40.2 Å². The molecule has 2 aromatic rings. The molecule has 0 fully saturated rings. The van der Waals surface area contributed by atoms with Gasteiger partial charge in [-0.2, -0.15) is 0 Å². The number of benzene rings is 1. The van der Waals surface area contributed by atoms with E-state index in [9.17, 15) is 0 Å². The molecule has 3 heteroatoms. The van der Waals surface area contributed by atoms with Crippen molar-refractivity contribution in [2.45, 2.75) is 41.5 Å². The average Bonchev–Trinajstić information content (AvgIpc) is 2.34. The lowest BCUT2D eigenvalue weighted by Gasteiger charge is -2.16. The number of rotatable bonds is 3. The molecule has 1 aromatic heterocycles. The molecule has 0 amide bonds. The zero-order valence-corrected chi connectivity index (χ0v) is 13.3. The predicted molar refractivity (Wildman–Crippen MR) is 85.3 cm³/mol. The highest BCUT2D eigenvalue weighted by molar-refractivity contribution is 5.77. The van der Waals surface area contributed by atoms with Crippen LogP contribution in [0.4, 0.5) is 5.82 Å². The molecule has 0 saturated carbocycles. The average molecular weight is 269 g/mol. The Morgan fingerprint density at radius 1 is 0.900 bits per heavy atom. The van der Waals surface area contributed by atoms with E-state index in [1.165, 1.54) is 22.3 Å². The fraction of sp³-hybridized carbons (Fsp3) is 0.412. The smallest absolute Gasteiger partial charge is 0.152 e. The lowest BCUT2D eigenvalue weighted by Crippen LogP contribution is -2.07. The molecule has 20 heavy (non-hydrogen) atoms. The molecule has 2 rings (SSSR count). The minimum Gasteiger partial charge on any atom is -0.369 e. The Morgan fingerprint density at radius 3 is 2.00 bits per heavy atom. The second-order valence-corrected chi connectivity index (χ2v) is 5.40. The molecule has 1 aromatic carbocycles. The highest BCUT2D eigenvalue weighted by Crippen LogP contribution is 2.32. The van der Waals surface area contributed by atoms with Gasteiger partial charge in [-0.1, -0.05) is 17.7 Å². The summed E-state index contributed by atoms with van der Waals surface area (Å²) in [6, 6.07) is 4.41. The molecule has 3 nitrogen and oxygen atoms in total. The Morgan fingerprint density at radius 2 is 1.45 bits per heavy atom. The van der Waals surface area contributed by atoms with Gasteiger partial charge in [0.2, 0.25) is 0 Å². The summed E-state index contributed by atoms with van der Waals surface area (Å²) in [6.07, 6.45) is 0. The molecule has 0 aliphatic rings. The van der Waals surface area contributed by atoms with E-state index in [1.807, 2.05) is 13.8 Å². The van der Waals surface area contributed by atoms with Crippen molar-refractivity contribution < 1.29 is 0 Å². The molecule has 0 unspecified atom stereocenters. The molecular weight excluding hydrogens is 246 g/mol. The first-order chi connectivity index (χ1) is 9.43. The fourth-order valence-corrected chi connectivity index (χ4v) is 2.62. The summed E-state index contributed by atoms with van der Waals surface area (Å²) >= 11 is 0. The van der Waals surface area contributed by atoms with Crippen molar-refractivity contribution in [2.75, 3.05) is 11.9 Å². The molecule has 0 radical (unpaired) electrons. The van der Waals surface area contributed by atoms with Gasteiger partial charge >= 0.3 is 0 Å². The van der Waals surface area contributed by atoms with Crippen LogP contribution in [0.3, 0.4) is 0 Å². The summed E-state index contributed by atoms with van der Waals surface area (Å²) < 4.78 is 0. The molecule has 106 valence electrons. The fourth-order valence-electron chi connectivity index (χ4n) is 2.62. The van der Waals surface area contributed by atoms with E-state index in [2.05, 4.69) is 50.1 Å². The van der Waals surface area contributed by atoms with Crippen molar-refractivity contribution in [2.24, 2.45) is 0 Å². The summed E-state index contributed by atoms with van der Waals surface area (Å²) in [7, 11) is 0. The summed E-state index contributed by atoms with van der Waals surface area (Å²) in [6.45, 7) is 13.3. The molecule has 0 atom stereocenters. The Kier molecular flexibility index (Phi) is 4.07. The summed E-state index contributed by atoms with van der Waals surface area (Å²) in [5.74, 6) is 0.880. The third kappa shape index (κ3) is 2.67. The molecule has 0 aliphatic heterocycles. The van der Waals surface area contributed by atoms with Gasteiger partial charge in [0.25, 0.3) is 0 Å². The Hall–Kier alpha value is -1.90. The molecule has 0 bridgehead atoms. The third-order valence-corrected chi connectivity index (χ3v) is 3.56. The van der Waals surface area contributed by atoms with E-state index in [4.69, 9.17) is 4.98 Å². The van der Waals surface area contributed by atoms with Crippen LogP contribution in [0.15, 0.2) is 12.1 Å². The van der Waals surface area contributed by atoms with Gasteiger partial charge < -0.3 is 5.32 Å². The van der Waals surface area contributed by atoms with E-state index < -0.39 is 0 Å². The maximum absolute atomic E-state index is 4.79. The largest absolute Gasteiger partial charge is 0.369 e. The highest BCUT2D eigenvalue weighted by atomic mass is 15.0. The number of aromatic nitrogens is 2. The van der Waals surface area contributed by atoms with Crippen molar-refractivity contribution in [1.29, 1.82) is 0 Å². The number of hydrogen-bond acceptors (Lipinski definition) is 3. The second-order valence-electron chi connectivity index (χ2n) is 5.40. The molecule has 0 aliphatic carbocycles. The Balaban J connectivity index is 2.71. The number of nitrogens with zero attached hydrogens (tertiary/aromatic N) is 2. The van der Waals surface area contributed by atoms with E-state index in [-0.39, 0.29) is 0 Å². The normalized spacial score (nSPS) is 10.7. The Labute approximate surface area is 121 Å². The molecule has 0 saturated heterocycles. The lowest BCUT2D eigenvalue weighted by atomic mass is 9.97. The first-order valence-electron chi connectivity index (χ1n) is 7.11. The second kappa shape index (κ2) is 5.61. The first kappa shape index (κ1) is 14.5. The van der Waals surface area contributed by atoms with Crippen LogP contribution >= 0.6 is 0 Å². The van der Waals surface area contributed by atoms with E-state index in [0.29, 0.717) is 0 Å². The first-order valence-corrected chi connectivity index (χ1v) is 7.11. The number of anilines is 1. The van der Waals surface area contributed by atoms with Crippen LogP contribution in [0.1, 0.15) is 35.0 Å². The summed E-state index contributed by atoms with van der Waals surface area (Å²) in [4.78, 5) is 9.46. The van der Waals surface area contributed by atoms with Gasteiger partial charge in [0.15, 0.2) is 5.82 Å². The van der Waals surface area contributed by atoms with Gasteiger partial charge in [0.05, 0.1) is 11.4 Å². The SMILES string of the molecule is CCNc1nc(C)c(C)nc1-c1c(C)cc(C)cc1C. The maximum atomic E-state index is 4.79. The topological polar surface area (TPSA) is 37.8 Å². The van der Waals surface area contributed by atoms with Gasteiger partial charge in [0.1, 0.15) is 5.69 Å². The zero-order valence-electron chi connectivity index (χ0n) is 13.3. The minimum atomic E-state index is 0.841. The molecule has 1 heterocycles. The Bertz CT molecular complexity index is 622. The van der Waals surface area contributed by atoms with Crippen molar-refractivity contribution >= 4 is 5.82 Å². The van der Waals surface area contributed by atoms with Crippen LogP contribution in [0.25, 0.3) is 11.3 Å². The number of hydrogen-bond donors (Lipinski definition) is 1. The van der Waals surface area contributed by atoms with Gasteiger partial charge in [-0.15, -0.1) is 0 Å². The van der Waals surface area contributed by atoms with Crippen LogP contribution in [0, 0.1) is 34.6 Å². The highest BCUT2D eigenvalue weighted by Gasteiger charge is 2.15. The van der Waals surface area contributed by atoms with Gasteiger partial charge in [0, 0.05) is 12.1 Å². The van der Waals surface area contributed by atoms with Crippen molar-refractivity contribution in [3.63, 3.8) is 0 Å². The summed E-state index contributed by atoms with van der Waals surface area (Å²) in [5, 5.41) is 3.34. The molecular formula is C17H23N3. The number of aryl methyl sites for hydroxylation is 5.